The Bertz CT molecular complexity index is 928. The summed E-state index contributed by atoms with van der Waals surface area (Å²) in [6, 6.07) is 11.8. The molecule has 0 saturated carbocycles. The van der Waals surface area contributed by atoms with E-state index < -0.39 is 10.0 Å². The highest BCUT2D eigenvalue weighted by Crippen LogP contribution is 2.33. The van der Waals surface area contributed by atoms with Crippen molar-refractivity contribution >= 4 is 10.0 Å². The van der Waals surface area contributed by atoms with Crippen LogP contribution in [0.2, 0.25) is 0 Å². The van der Waals surface area contributed by atoms with E-state index in [9.17, 15) is 12.8 Å². The Morgan fingerprint density at radius 3 is 2.61 bits per heavy atom. The third kappa shape index (κ3) is 4.45. The van der Waals surface area contributed by atoms with Gasteiger partial charge in [-0.25, -0.2) is 12.8 Å². The van der Waals surface area contributed by atoms with Gasteiger partial charge in [0.25, 0.3) is 0 Å². The van der Waals surface area contributed by atoms with Gasteiger partial charge in [-0.1, -0.05) is 44.2 Å². The lowest BCUT2D eigenvalue weighted by Crippen LogP contribution is -2.33. The van der Waals surface area contributed by atoms with E-state index in [1.54, 1.807) is 40.7 Å². The molecule has 28 heavy (non-hydrogen) atoms. The van der Waals surface area contributed by atoms with Crippen molar-refractivity contribution in [3.05, 3.63) is 53.8 Å². The van der Waals surface area contributed by atoms with Crippen LogP contribution in [0.1, 0.15) is 39.2 Å². The van der Waals surface area contributed by atoms with Gasteiger partial charge in [-0.2, -0.15) is 4.31 Å². The zero-order chi connectivity index (χ0) is 20.3. The first-order chi connectivity index (χ1) is 13.3. The monoisotopic (exact) mass is 404 g/mol. The summed E-state index contributed by atoms with van der Waals surface area (Å²) in [5.74, 6) is 0.169. The molecule has 0 spiro atoms. The SMILES string of the molecule is CC(C)CNCc1ccc(-c2ccccc2S(=O)(=O)N2CCC[C@H]2C)cc1F. The van der Waals surface area contributed by atoms with Crippen molar-refractivity contribution < 1.29 is 12.8 Å². The van der Waals surface area contributed by atoms with E-state index in [0.29, 0.717) is 35.7 Å². The number of benzene rings is 2. The van der Waals surface area contributed by atoms with Crippen molar-refractivity contribution in [1.82, 2.24) is 9.62 Å². The predicted octanol–water partition coefficient (Wildman–Crippen LogP) is 4.41. The van der Waals surface area contributed by atoms with Gasteiger partial charge in [-0.15, -0.1) is 0 Å². The van der Waals surface area contributed by atoms with Gasteiger partial charge in [-0.3, -0.25) is 0 Å². The average molecular weight is 405 g/mol. The van der Waals surface area contributed by atoms with Crippen LogP contribution in [0.5, 0.6) is 0 Å². The highest BCUT2D eigenvalue weighted by Gasteiger charge is 2.34. The highest BCUT2D eigenvalue weighted by atomic mass is 32.2. The molecular formula is C22H29FN2O2S. The Hall–Kier alpha value is -1.76. The highest BCUT2D eigenvalue weighted by molar-refractivity contribution is 7.89. The van der Waals surface area contributed by atoms with Crippen LogP contribution < -0.4 is 5.32 Å². The lowest BCUT2D eigenvalue weighted by molar-refractivity contribution is 0.408. The van der Waals surface area contributed by atoms with Crippen LogP contribution in [0.3, 0.4) is 0 Å². The zero-order valence-corrected chi connectivity index (χ0v) is 17.6. The molecule has 1 aliphatic rings. The number of hydrogen-bond acceptors (Lipinski definition) is 3. The smallest absolute Gasteiger partial charge is 0.243 e. The van der Waals surface area contributed by atoms with Gasteiger partial charge in [-0.05, 0) is 49.9 Å². The van der Waals surface area contributed by atoms with Gasteiger partial charge < -0.3 is 5.32 Å². The molecule has 1 fully saturated rings. The maximum atomic E-state index is 14.7. The van der Waals surface area contributed by atoms with E-state index in [-0.39, 0.29) is 16.8 Å². The number of halogens is 1. The first-order valence-electron chi connectivity index (χ1n) is 9.91. The van der Waals surface area contributed by atoms with E-state index in [0.717, 1.165) is 19.4 Å². The first-order valence-corrected chi connectivity index (χ1v) is 11.3. The molecular weight excluding hydrogens is 375 g/mol. The second-order valence-corrected chi connectivity index (χ2v) is 9.79. The minimum atomic E-state index is -3.61. The van der Waals surface area contributed by atoms with Crippen molar-refractivity contribution in [2.24, 2.45) is 5.92 Å². The molecule has 1 aliphatic heterocycles. The van der Waals surface area contributed by atoms with Crippen molar-refractivity contribution in [1.29, 1.82) is 0 Å². The molecule has 0 unspecified atom stereocenters. The van der Waals surface area contributed by atoms with Gasteiger partial charge in [0.2, 0.25) is 10.0 Å². The summed E-state index contributed by atoms with van der Waals surface area (Å²) in [5.41, 5.74) is 1.70. The summed E-state index contributed by atoms with van der Waals surface area (Å²) in [5, 5.41) is 3.24. The van der Waals surface area contributed by atoms with E-state index >= 15 is 0 Å². The molecule has 152 valence electrons. The number of hydrogen-bond donors (Lipinski definition) is 1. The molecule has 3 rings (SSSR count). The minimum Gasteiger partial charge on any atom is -0.312 e. The van der Waals surface area contributed by atoms with Gasteiger partial charge in [0, 0.05) is 30.3 Å². The molecule has 2 aromatic carbocycles. The maximum absolute atomic E-state index is 14.7. The Morgan fingerprint density at radius 2 is 1.96 bits per heavy atom. The van der Waals surface area contributed by atoms with Crippen LogP contribution in [0.15, 0.2) is 47.4 Å². The standard InChI is InChI=1S/C22H29FN2O2S/c1-16(2)14-24-15-19-11-10-18(13-21(19)23)20-8-4-5-9-22(20)28(26,27)25-12-6-7-17(25)3/h4-5,8-11,13,16-17,24H,6-7,12,14-15H2,1-3H3/t17-/m1/s1. The second kappa shape index (κ2) is 8.72. The molecule has 0 radical (unpaired) electrons. The van der Waals surface area contributed by atoms with Gasteiger partial charge in [0.1, 0.15) is 5.82 Å². The van der Waals surface area contributed by atoms with Crippen LogP contribution in [0, 0.1) is 11.7 Å². The largest absolute Gasteiger partial charge is 0.312 e. The molecule has 1 saturated heterocycles. The molecule has 4 nitrogen and oxygen atoms in total. The molecule has 0 aromatic heterocycles. The van der Waals surface area contributed by atoms with Gasteiger partial charge in [0.15, 0.2) is 0 Å². The van der Waals surface area contributed by atoms with Gasteiger partial charge in [0.05, 0.1) is 4.90 Å². The summed E-state index contributed by atoms with van der Waals surface area (Å²) in [7, 11) is -3.61. The summed E-state index contributed by atoms with van der Waals surface area (Å²) in [6.45, 7) is 7.94. The summed E-state index contributed by atoms with van der Waals surface area (Å²) in [4.78, 5) is 0.244. The van der Waals surface area contributed by atoms with E-state index in [1.807, 2.05) is 6.92 Å². The van der Waals surface area contributed by atoms with Crippen molar-refractivity contribution in [2.75, 3.05) is 13.1 Å². The Balaban J connectivity index is 1.92. The van der Waals surface area contributed by atoms with Crippen molar-refractivity contribution in [3.63, 3.8) is 0 Å². The zero-order valence-electron chi connectivity index (χ0n) is 16.8. The van der Waals surface area contributed by atoms with Gasteiger partial charge >= 0.3 is 0 Å². The number of sulfonamides is 1. The van der Waals surface area contributed by atoms with E-state index in [2.05, 4.69) is 19.2 Å². The van der Waals surface area contributed by atoms with Crippen molar-refractivity contribution in [2.45, 2.75) is 51.1 Å². The normalized spacial score (nSPS) is 18.1. The molecule has 1 atom stereocenters. The van der Waals surface area contributed by atoms with Crippen LogP contribution in [0.25, 0.3) is 11.1 Å². The van der Waals surface area contributed by atoms with E-state index in [1.165, 1.54) is 6.07 Å². The number of nitrogens with zero attached hydrogens (tertiary/aromatic N) is 1. The maximum Gasteiger partial charge on any atom is 0.243 e. The predicted molar refractivity (Wildman–Crippen MR) is 111 cm³/mol. The molecule has 1 N–H and O–H groups in total. The fourth-order valence-corrected chi connectivity index (χ4v) is 5.59. The molecule has 0 amide bonds. The third-order valence-electron chi connectivity index (χ3n) is 5.20. The molecule has 6 heteroatoms. The molecule has 2 aromatic rings. The summed E-state index contributed by atoms with van der Waals surface area (Å²) in [6.07, 6.45) is 1.74. The summed E-state index contributed by atoms with van der Waals surface area (Å²) >= 11 is 0. The Morgan fingerprint density at radius 1 is 1.21 bits per heavy atom. The van der Waals surface area contributed by atoms with Crippen LogP contribution in [-0.4, -0.2) is 31.9 Å². The lowest BCUT2D eigenvalue weighted by Gasteiger charge is -2.22. The quantitative estimate of drug-likeness (QED) is 0.744. The third-order valence-corrected chi connectivity index (χ3v) is 7.27. The lowest BCUT2D eigenvalue weighted by atomic mass is 10.0. The number of rotatable bonds is 7. The Kier molecular flexibility index (Phi) is 6.53. The second-order valence-electron chi connectivity index (χ2n) is 7.93. The average Bonchev–Trinajstić information content (AvgIpc) is 3.09. The first kappa shape index (κ1) is 21.0. The molecule has 0 bridgehead atoms. The molecule has 0 aliphatic carbocycles. The van der Waals surface area contributed by atoms with E-state index in [4.69, 9.17) is 0 Å². The van der Waals surface area contributed by atoms with Crippen molar-refractivity contribution in [3.8, 4) is 11.1 Å². The molecule has 1 heterocycles. The topological polar surface area (TPSA) is 49.4 Å². The minimum absolute atomic E-state index is 0.0100. The fraction of sp³-hybridized carbons (Fsp3) is 0.455. The van der Waals surface area contributed by atoms with Crippen LogP contribution in [0.4, 0.5) is 4.39 Å². The number of nitrogens with one attached hydrogen (secondary N) is 1. The Labute approximate surface area is 167 Å². The summed E-state index contributed by atoms with van der Waals surface area (Å²) < 4.78 is 42.6. The van der Waals surface area contributed by atoms with Crippen LogP contribution >= 0.6 is 0 Å². The fourth-order valence-electron chi connectivity index (χ4n) is 3.67. The van der Waals surface area contributed by atoms with Crippen LogP contribution in [-0.2, 0) is 16.6 Å².